The number of piperidine rings is 3. The topological polar surface area (TPSA) is 25.4 Å². The second-order valence-electron chi connectivity index (χ2n) is 8.81. The molecule has 5 rings (SSSR count). The molecule has 5 atom stereocenters. The molecule has 3 nitrogen and oxygen atoms in total. The van der Waals surface area contributed by atoms with Gasteiger partial charge in [0, 0.05) is 24.2 Å². The Bertz CT molecular complexity index is 795. The van der Waals surface area contributed by atoms with E-state index in [0.717, 1.165) is 18.0 Å². The van der Waals surface area contributed by atoms with E-state index < -0.39 is 8.32 Å². The molecule has 4 heteroatoms. The number of nitrogens with zero attached hydrogens (tertiary/aromatic N) is 2. The predicted molar refractivity (Wildman–Crippen MR) is 111 cm³/mol. The van der Waals surface area contributed by atoms with Crippen molar-refractivity contribution in [1.82, 2.24) is 9.88 Å². The molecule has 4 heterocycles. The van der Waals surface area contributed by atoms with Crippen LogP contribution in [-0.2, 0) is 4.43 Å². The summed E-state index contributed by atoms with van der Waals surface area (Å²) in [4.78, 5) is 7.23. The number of benzene rings is 1. The fraction of sp³-hybridized carbons (Fsp3) is 0.500. The highest BCUT2D eigenvalue weighted by molar-refractivity contribution is 6.69. The van der Waals surface area contributed by atoms with Crippen molar-refractivity contribution < 1.29 is 4.43 Å². The van der Waals surface area contributed by atoms with Gasteiger partial charge in [-0.25, -0.2) is 0 Å². The first kappa shape index (κ1) is 17.9. The summed E-state index contributed by atoms with van der Waals surface area (Å²) < 4.78 is 6.84. The molecule has 0 saturated carbocycles. The van der Waals surface area contributed by atoms with Gasteiger partial charge in [-0.1, -0.05) is 24.3 Å². The van der Waals surface area contributed by atoms with E-state index in [4.69, 9.17) is 4.43 Å². The maximum absolute atomic E-state index is 6.84. The van der Waals surface area contributed by atoms with Gasteiger partial charge in [-0.3, -0.25) is 9.88 Å². The van der Waals surface area contributed by atoms with Crippen molar-refractivity contribution in [2.75, 3.05) is 13.1 Å². The molecule has 3 aliphatic heterocycles. The zero-order valence-electron chi connectivity index (χ0n) is 16.2. The van der Waals surface area contributed by atoms with Crippen molar-refractivity contribution >= 4 is 19.2 Å². The average Bonchev–Trinajstić information content (AvgIpc) is 2.65. The molecule has 1 aromatic heterocycles. The summed E-state index contributed by atoms with van der Waals surface area (Å²) in [6.45, 7) is 13.3. The molecule has 0 spiro atoms. The minimum absolute atomic E-state index is 0.128. The van der Waals surface area contributed by atoms with E-state index in [0.29, 0.717) is 12.0 Å². The van der Waals surface area contributed by atoms with Gasteiger partial charge in [0.2, 0.25) is 0 Å². The van der Waals surface area contributed by atoms with Crippen LogP contribution in [0.4, 0.5) is 0 Å². The zero-order valence-corrected chi connectivity index (χ0v) is 17.2. The van der Waals surface area contributed by atoms with Gasteiger partial charge in [0.25, 0.3) is 0 Å². The summed E-state index contributed by atoms with van der Waals surface area (Å²) in [6, 6.07) is 11.1. The van der Waals surface area contributed by atoms with Crippen LogP contribution in [0.25, 0.3) is 10.9 Å². The second-order valence-corrected chi connectivity index (χ2v) is 13.3. The number of hydrogen-bond acceptors (Lipinski definition) is 3. The standard InChI is InChI=1S/C22H30N2OSi/c1-5-16-15-24-13-11-17(16)14-21(24)22(25-26(2,3)4)19-10-12-23-20-9-7-6-8-18(19)20/h5-10,12,16-17,21-22H,1,11,13-15H2,2-4H3/t16-,17-,21+,22-/m0/s1. The van der Waals surface area contributed by atoms with Crippen LogP contribution in [0, 0.1) is 11.8 Å². The molecule has 2 aromatic rings. The zero-order chi connectivity index (χ0) is 18.3. The Hall–Kier alpha value is -1.49. The lowest BCUT2D eigenvalue weighted by atomic mass is 9.73. The maximum Gasteiger partial charge on any atom is 0.184 e. The summed E-state index contributed by atoms with van der Waals surface area (Å²) in [7, 11) is -1.69. The number of pyridine rings is 1. The number of aromatic nitrogens is 1. The normalized spacial score (nSPS) is 29.7. The first-order valence-corrected chi connectivity index (χ1v) is 13.2. The largest absolute Gasteiger partial charge is 0.409 e. The maximum atomic E-state index is 6.84. The van der Waals surface area contributed by atoms with E-state index in [1.54, 1.807) is 0 Å². The van der Waals surface area contributed by atoms with Crippen LogP contribution < -0.4 is 0 Å². The Morgan fingerprint density at radius 2 is 2.08 bits per heavy atom. The fourth-order valence-corrected chi connectivity index (χ4v) is 5.83. The van der Waals surface area contributed by atoms with E-state index in [9.17, 15) is 0 Å². The van der Waals surface area contributed by atoms with Crippen molar-refractivity contribution in [2.45, 2.75) is 44.6 Å². The number of hydrogen-bond donors (Lipinski definition) is 0. The van der Waals surface area contributed by atoms with Gasteiger partial charge in [0.15, 0.2) is 8.32 Å². The minimum Gasteiger partial charge on any atom is -0.409 e. The minimum atomic E-state index is -1.69. The van der Waals surface area contributed by atoms with Crippen LogP contribution in [0.3, 0.4) is 0 Å². The van der Waals surface area contributed by atoms with Gasteiger partial charge in [0.1, 0.15) is 0 Å². The summed E-state index contributed by atoms with van der Waals surface area (Å²) >= 11 is 0. The van der Waals surface area contributed by atoms with Crippen molar-refractivity contribution in [1.29, 1.82) is 0 Å². The molecule has 1 aromatic carbocycles. The molecule has 0 aliphatic carbocycles. The van der Waals surface area contributed by atoms with Crippen LogP contribution in [0.1, 0.15) is 24.5 Å². The fourth-order valence-electron chi connectivity index (χ4n) is 4.79. The van der Waals surface area contributed by atoms with Gasteiger partial charge >= 0.3 is 0 Å². The Kier molecular flexibility index (Phi) is 4.76. The van der Waals surface area contributed by atoms with Crippen LogP contribution in [0.5, 0.6) is 0 Å². The van der Waals surface area contributed by atoms with Gasteiger partial charge in [-0.05, 0) is 68.6 Å². The third-order valence-corrected chi connectivity index (χ3v) is 6.93. The monoisotopic (exact) mass is 366 g/mol. The highest BCUT2D eigenvalue weighted by Crippen LogP contribution is 2.44. The van der Waals surface area contributed by atoms with Crippen LogP contribution in [0.15, 0.2) is 49.2 Å². The number of para-hydroxylation sites is 1. The molecular weight excluding hydrogens is 336 g/mol. The highest BCUT2D eigenvalue weighted by Gasteiger charge is 2.44. The van der Waals surface area contributed by atoms with Crippen molar-refractivity contribution in [2.24, 2.45) is 11.8 Å². The molecule has 26 heavy (non-hydrogen) atoms. The Morgan fingerprint density at radius 3 is 2.77 bits per heavy atom. The average molecular weight is 367 g/mol. The molecule has 0 amide bonds. The summed E-state index contributed by atoms with van der Waals surface area (Å²) in [5.41, 5.74) is 2.37. The van der Waals surface area contributed by atoms with Crippen molar-refractivity contribution in [3.63, 3.8) is 0 Å². The smallest absolute Gasteiger partial charge is 0.184 e. The second kappa shape index (κ2) is 6.91. The van der Waals surface area contributed by atoms with E-state index in [1.807, 2.05) is 6.20 Å². The van der Waals surface area contributed by atoms with Gasteiger partial charge in [-0.15, -0.1) is 6.58 Å². The summed E-state index contributed by atoms with van der Waals surface area (Å²) in [5, 5.41) is 1.24. The molecule has 2 bridgehead atoms. The Balaban J connectivity index is 1.75. The third-order valence-electron chi connectivity index (χ3n) is 5.97. The van der Waals surface area contributed by atoms with E-state index in [-0.39, 0.29) is 6.10 Å². The number of fused-ring (bicyclic) bond motifs is 4. The molecular formula is C22H30N2OSi. The van der Waals surface area contributed by atoms with E-state index >= 15 is 0 Å². The van der Waals surface area contributed by atoms with E-state index in [2.05, 4.69) is 72.5 Å². The lowest BCUT2D eigenvalue weighted by molar-refractivity contribution is -0.0381. The summed E-state index contributed by atoms with van der Waals surface area (Å²) in [5.74, 6) is 1.39. The van der Waals surface area contributed by atoms with Crippen LogP contribution in [-0.4, -0.2) is 37.3 Å². The lowest BCUT2D eigenvalue weighted by Gasteiger charge is -2.52. The Labute approximate surface area is 158 Å². The first-order chi connectivity index (χ1) is 12.5. The Morgan fingerprint density at radius 1 is 1.27 bits per heavy atom. The molecule has 3 fully saturated rings. The third kappa shape index (κ3) is 3.38. The van der Waals surface area contributed by atoms with Crippen molar-refractivity contribution in [3.8, 4) is 0 Å². The van der Waals surface area contributed by atoms with Crippen LogP contribution in [0.2, 0.25) is 19.6 Å². The molecule has 3 aliphatic rings. The quantitative estimate of drug-likeness (QED) is 0.548. The van der Waals surface area contributed by atoms with Gasteiger partial charge in [-0.2, -0.15) is 0 Å². The number of rotatable bonds is 5. The molecule has 1 unspecified atom stereocenters. The van der Waals surface area contributed by atoms with E-state index in [1.165, 1.54) is 30.3 Å². The van der Waals surface area contributed by atoms with Gasteiger partial charge < -0.3 is 4.43 Å². The first-order valence-electron chi connectivity index (χ1n) is 9.84. The predicted octanol–water partition coefficient (Wildman–Crippen LogP) is 5.02. The molecule has 0 N–H and O–H groups in total. The SMILES string of the molecule is C=C[C@H]1CN2CC[C@H]1C[C@@H]2[C@@H](O[Si](C)(C)C)c1ccnc2ccccc12. The lowest BCUT2D eigenvalue weighted by Crippen LogP contribution is -2.56. The van der Waals surface area contributed by atoms with Crippen molar-refractivity contribution in [3.05, 3.63) is 54.7 Å². The highest BCUT2D eigenvalue weighted by atomic mass is 28.4. The van der Waals surface area contributed by atoms with Gasteiger partial charge in [0.05, 0.1) is 11.6 Å². The molecule has 3 saturated heterocycles. The molecule has 138 valence electrons. The molecule has 0 radical (unpaired) electrons. The van der Waals surface area contributed by atoms with Crippen LogP contribution >= 0.6 is 0 Å². The summed E-state index contributed by atoms with van der Waals surface area (Å²) in [6.07, 6.45) is 6.75.